The third-order valence-corrected chi connectivity index (χ3v) is 4.53. The van der Waals surface area contributed by atoms with Gasteiger partial charge in [-0.05, 0) is 68.3 Å². The lowest BCUT2D eigenvalue weighted by atomic mass is 10.3. The number of anilines is 2. The van der Waals surface area contributed by atoms with E-state index in [0.717, 1.165) is 30.1 Å². The smallest absolute Gasteiger partial charge is 0.0459 e. The van der Waals surface area contributed by atoms with Crippen molar-refractivity contribution < 1.29 is 0 Å². The Bertz CT molecular complexity index is 509. The molecular formula is C12H10Br2N2S. The van der Waals surface area contributed by atoms with E-state index < -0.39 is 0 Å². The highest BCUT2D eigenvalue weighted by Crippen LogP contribution is 2.34. The Hall–Kier alpha value is -0.650. The first kappa shape index (κ1) is 12.8. The van der Waals surface area contributed by atoms with Gasteiger partial charge in [0.1, 0.15) is 0 Å². The van der Waals surface area contributed by atoms with Gasteiger partial charge in [0.05, 0.1) is 0 Å². The zero-order valence-electron chi connectivity index (χ0n) is 8.78. The van der Waals surface area contributed by atoms with E-state index in [1.807, 2.05) is 36.4 Å². The first-order valence-electron chi connectivity index (χ1n) is 4.84. The van der Waals surface area contributed by atoms with E-state index in [4.69, 9.17) is 11.5 Å². The summed E-state index contributed by atoms with van der Waals surface area (Å²) in [6.07, 6.45) is 0. The van der Waals surface area contributed by atoms with Crippen LogP contribution in [0.5, 0.6) is 0 Å². The van der Waals surface area contributed by atoms with Crippen molar-refractivity contribution >= 4 is 55.0 Å². The Kier molecular flexibility index (Phi) is 4.01. The third kappa shape index (κ3) is 3.18. The van der Waals surface area contributed by atoms with Gasteiger partial charge in [-0.2, -0.15) is 0 Å². The van der Waals surface area contributed by atoms with Gasteiger partial charge < -0.3 is 11.5 Å². The Morgan fingerprint density at radius 1 is 0.765 bits per heavy atom. The van der Waals surface area contributed by atoms with Gasteiger partial charge in [-0.15, -0.1) is 0 Å². The van der Waals surface area contributed by atoms with Gasteiger partial charge in [0.2, 0.25) is 0 Å². The molecule has 88 valence electrons. The van der Waals surface area contributed by atoms with Crippen LogP contribution in [0.3, 0.4) is 0 Å². The summed E-state index contributed by atoms with van der Waals surface area (Å²) in [6, 6.07) is 11.8. The first-order chi connectivity index (χ1) is 8.06. The molecule has 0 bridgehead atoms. The second-order valence-corrected chi connectivity index (χ2v) is 6.32. The molecule has 0 saturated heterocycles. The average Bonchev–Trinajstić information content (AvgIpc) is 2.29. The molecule has 5 heteroatoms. The van der Waals surface area contributed by atoms with E-state index in [2.05, 4.69) is 31.9 Å². The molecule has 2 nitrogen and oxygen atoms in total. The van der Waals surface area contributed by atoms with Gasteiger partial charge in [-0.3, -0.25) is 0 Å². The van der Waals surface area contributed by atoms with Crippen LogP contribution in [0.2, 0.25) is 0 Å². The Balaban J connectivity index is 2.25. The molecule has 0 amide bonds. The highest BCUT2D eigenvalue weighted by atomic mass is 79.9. The Labute approximate surface area is 121 Å². The van der Waals surface area contributed by atoms with Crippen LogP contribution in [-0.4, -0.2) is 0 Å². The standard InChI is InChI=1S/C12H10Br2N2S/c13-9-5-7(1-3-11(9)15)17-8-2-4-12(16)10(14)6-8/h1-6H,15-16H2. The van der Waals surface area contributed by atoms with Crippen molar-refractivity contribution in [3.8, 4) is 0 Å². The molecule has 17 heavy (non-hydrogen) atoms. The largest absolute Gasteiger partial charge is 0.398 e. The number of nitrogens with two attached hydrogens (primary N) is 2. The number of benzene rings is 2. The lowest BCUT2D eigenvalue weighted by molar-refractivity contribution is 1.38. The molecule has 2 aromatic carbocycles. The van der Waals surface area contributed by atoms with Gasteiger partial charge in [0, 0.05) is 30.1 Å². The molecule has 0 radical (unpaired) electrons. The normalized spacial score (nSPS) is 10.5. The van der Waals surface area contributed by atoms with Crippen molar-refractivity contribution in [3.05, 3.63) is 45.3 Å². The summed E-state index contributed by atoms with van der Waals surface area (Å²) in [5, 5.41) is 0. The minimum atomic E-state index is 0.743. The lowest BCUT2D eigenvalue weighted by Crippen LogP contribution is -1.87. The van der Waals surface area contributed by atoms with E-state index in [9.17, 15) is 0 Å². The highest BCUT2D eigenvalue weighted by molar-refractivity contribution is 9.11. The fourth-order valence-electron chi connectivity index (χ4n) is 1.28. The van der Waals surface area contributed by atoms with Crippen molar-refractivity contribution in [2.45, 2.75) is 9.79 Å². The summed E-state index contributed by atoms with van der Waals surface area (Å²) in [4.78, 5) is 2.26. The molecule has 2 aromatic rings. The maximum Gasteiger partial charge on any atom is 0.0459 e. The van der Waals surface area contributed by atoms with Crippen molar-refractivity contribution in [1.29, 1.82) is 0 Å². The average molecular weight is 374 g/mol. The summed E-state index contributed by atoms with van der Waals surface area (Å²) in [5.74, 6) is 0. The minimum absolute atomic E-state index is 0.743. The molecule has 0 unspecified atom stereocenters. The molecule has 0 spiro atoms. The number of hydrogen-bond donors (Lipinski definition) is 2. The Morgan fingerprint density at radius 3 is 1.53 bits per heavy atom. The van der Waals surface area contributed by atoms with Gasteiger partial charge in [0.25, 0.3) is 0 Å². The summed E-state index contributed by atoms with van der Waals surface area (Å²) in [5.41, 5.74) is 13.0. The van der Waals surface area contributed by atoms with Gasteiger partial charge in [-0.25, -0.2) is 0 Å². The first-order valence-corrected chi connectivity index (χ1v) is 7.24. The zero-order valence-corrected chi connectivity index (χ0v) is 12.8. The van der Waals surface area contributed by atoms with E-state index in [-0.39, 0.29) is 0 Å². The third-order valence-electron chi connectivity index (χ3n) is 2.18. The number of rotatable bonds is 2. The van der Waals surface area contributed by atoms with Crippen molar-refractivity contribution in [1.82, 2.24) is 0 Å². The molecule has 0 aliphatic carbocycles. The SMILES string of the molecule is Nc1ccc(Sc2ccc(N)c(Br)c2)cc1Br. The predicted octanol–water partition coefficient (Wildman–Crippen LogP) is 4.53. The quantitative estimate of drug-likeness (QED) is 0.760. The zero-order chi connectivity index (χ0) is 12.4. The van der Waals surface area contributed by atoms with Crippen LogP contribution in [0.1, 0.15) is 0 Å². The van der Waals surface area contributed by atoms with Crippen LogP contribution in [-0.2, 0) is 0 Å². The van der Waals surface area contributed by atoms with Gasteiger partial charge >= 0.3 is 0 Å². The van der Waals surface area contributed by atoms with E-state index in [1.165, 1.54) is 0 Å². The Morgan fingerprint density at radius 2 is 1.18 bits per heavy atom. The number of hydrogen-bond acceptors (Lipinski definition) is 3. The van der Waals surface area contributed by atoms with Gasteiger partial charge in [-0.1, -0.05) is 11.8 Å². The van der Waals surface area contributed by atoms with Crippen molar-refractivity contribution in [2.75, 3.05) is 11.5 Å². The van der Waals surface area contributed by atoms with Crippen LogP contribution < -0.4 is 11.5 Å². The van der Waals surface area contributed by atoms with Crippen molar-refractivity contribution in [3.63, 3.8) is 0 Å². The summed E-state index contributed by atoms with van der Waals surface area (Å²) in [6.45, 7) is 0. The predicted molar refractivity (Wildman–Crippen MR) is 81.2 cm³/mol. The van der Waals surface area contributed by atoms with E-state index in [0.29, 0.717) is 0 Å². The summed E-state index contributed by atoms with van der Waals surface area (Å²) < 4.78 is 1.83. The molecule has 0 aromatic heterocycles. The van der Waals surface area contributed by atoms with Crippen LogP contribution in [0.4, 0.5) is 11.4 Å². The summed E-state index contributed by atoms with van der Waals surface area (Å²) >= 11 is 8.50. The molecule has 0 atom stereocenters. The second kappa shape index (κ2) is 5.33. The lowest BCUT2D eigenvalue weighted by Gasteiger charge is -2.05. The molecule has 0 aliphatic rings. The molecule has 0 saturated carbocycles. The van der Waals surface area contributed by atoms with E-state index in [1.54, 1.807) is 11.8 Å². The fraction of sp³-hybridized carbons (Fsp3) is 0. The monoisotopic (exact) mass is 372 g/mol. The molecule has 0 heterocycles. The maximum absolute atomic E-state index is 5.75. The van der Waals surface area contributed by atoms with Crippen LogP contribution in [0.15, 0.2) is 55.1 Å². The number of nitrogen functional groups attached to an aromatic ring is 2. The maximum atomic E-state index is 5.75. The molecule has 4 N–H and O–H groups in total. The highest BCUT2D eigenvalue weighted by Gasteiger charge is 2.03. The molecule has 2 rings (SSSR count). The molecule has 0 fully saturated rings. The topological polar surface area (TPSA) is 52.0 Å². The van der Waals surface area contributed by atoms with Gasteiger partial charge in [0.15, 0.2) is 0 Å². The van der Waals surface area contributed by atoms with Crippen LogP contribution in [0, 0.1) is 0 Å². The van der Waals surface area contributed by atoms with Crippen LogP contribution in [0.25, 0.3) is 0 Å². The molecule has 0 aliphatic heterocycles. The van der Waals surface area contributed by atoms with E-state index >= 15 is 0 Å². The summed E-state index contributed by atoms with van der Waals surface area (Å²) in [7, 11) is 0. The van der Waals surface area contributed by atoms with Crippen molar-refractivity contribution in [2.24, 2.45) is 0 Å². The number of halogens is 2. The second-order valence-electron chi connectivity index (χ2n) is 3.47. The fourth-order valence-corrected chi connectivity index (χ4v) is 3.24. The minimum Gasteiger partial charge on any atom is -0.398 e. The van der Waals surface area contributed by atoms with Crippen LogP contribution >= 0.6 is 43.6 Å². The molecular weight excluding hydrogens is 364 g/mol.